The lowest BCUT2D eigenvalue weighted by Crippen LogP contribution is -2.44. The Morgan fingerprint density at radius 1 is 1.42 bits per heavy atom. The Balaban J connectivity index is 2.85. The maximum atomic E-state index is 12.1. The van der Waals surface area contributed by atoms with E-state index in [1.54, 1.807) is 20.8 Å². The second-order valence-electron chi connectivity index (χ2n) is 4.81. The molecule has 0 aliphatic rings. The quantitative estimate of drug-likeness (QED) is 0.839. The Morgan fingerprint density at radius 3 is 2.53 bits per heavy atom. The van der Waals surface area contributed by atoms with Gasteiger partial charge in [-0.2, -0.15) is 0 Å². The molecule has 6 heteroatoms. The number of rotatable bonds is 6. The smallest absolute Gasteiger partial charge is 0.326 e. The molecule has 0 fully saturated rings. The number of aryl methyl sites for hydroxylation is 2. The van der Waals surface area contributed by atoms with Crippen LogP contribution in [0.1, 0.15) is 47.6 Å². The number of hydrogen-bond donors (Lipinski definition) is 2. The minimum atomic E-state index is -1.01. The summed E-state index contributed by atoms with van der Waals surface area (Å²) in [5.41, 5.74) is 0.666. The third-order valence-electron chi connectivity index (χ3n) is 2.73. The van der Waals surface area contributed by atoms with Crippen molar-refractivity contribution < 1.29 is 14.7 Å². The van der Waals surface area contributed by atoms with Crippen LogP contribution in [0.4, 0.5) is 0 Å². The van der Waals surface area contributed by atoms with Crippen molar-refractivity contribution in [2.75, 3.05) is 0 Å². The number of carbonyl (C=O) groups excluding carboxylic acids is 1. The first kappa shape index (κ1) is 15.6. The van der Waals surface area contributed by atoms with Crippen LogP contribution >= 0.6 is 11.3 Å². The van der Waals surface area contributed by atoms with E-state index in [9.17, 15) is 9.59 Å². The molecule has 106 valence electrons. The fourth-order valence-corrected chi connectivity index (χ4v) is 2.77. The number of amides is 1. The topological polar surface area (TPSA) is 79.3 Å². The molecule has 19 heavy (non-hydrogen) atoms. The Morgan fingerprint density at radius 2 is 2.05 bits per heavy atom. The molecule has 0 saturated heterocycles. The highest BCUT2D eigenvalue weighted by Crippen LogP contribution is 2.19. The number of aliphatic carboxylic acids is 1. The summed E-state index contributed by atoms with van der Waals surface area (Å²) in [5, 5.41) is 12.5. The van der Waals surface area contributed by atoms with Gasteiger partial charge >= 0.3 is 5.97 Å². The van der Waals surface area contributed by atoms with E-state index in [1.165, 1.54) is 11.3 Å². The summed E-state index contributed by atoms with van der Waals surface area (Å²) in [6.07, 6.45) is 1.81. The van der Waals surface area contributed by atoms with Gasteiger partial charge in [0.1, 0.15) is 10.9 Å². The van der Waals surface area contributed by atoms with Crippen LogP contribution in [-0.2, 0) is 11.2 Å². The predicted octanol–water partition coefficient (Wildman–Crippen LogP) is 2.24. The van der Waals surface area contributed by atoms with E-state index < -0.39 is 12.0 Å². The number of nitrogens with zero attached hydrogens (tertiary/aromatic N) is 1. The van der Waals surface area contributed by atoms with Crippen LogP contribution in [-0.4, -0.2) is 28.0 Å². The van der Waals surface area contributed by atoms with Gasteiger partial charge in [-0.1, -0.05) is 20.8 Å². The van der Waals surface area contributed by atoms with Crippen LogP contribution in [0.25, 0.3) is 0 Å². The van der Waals surface area contributed by atoms with Crippen LogP contribution in [0.15, 0.2) is 0 Å². The molecule has 0 aromatic carbocycles. The highest BCUT2D eigenvalue weighted by Gasteiger charge is 2.25. The average molecular weight is 284 g/mol. The summed E-state index contributed by atoms with van der Waals surface area (Å²) in [5.74, 6) is -1.53. The van der Waals surface area contributed by atoms with Crippen molar-refractivity contribution in [3.8, 4) is 0 Å². The molecule has 0 aliphatic carbocycles. The van der Waals surface area contributed by atoms with Crippen molar-refractivity contribution in [2.24, 2.45) is 5.92 Å². The summed E-state index contributed by atoms with van der Waals surface area (Å²) >= 11 is 1.34. The maximum absolute atomic E-state index is 12.1. The van der Waals surface area contributed by atoms with Crippen LogP contribution in [0.5, 0.6) is 0 Å². The molecule has 0 radical (unpaired) electrons. The van der Waals surface area contributed by atoms with Gasteiger partial charge in [0.05, 0.1) is 10.7 Å². The molecule has 1 amide bonds. The van der Waals surface area contributed by atoms with Gasteiger partial charge in [-0.25, -0.2) is 9.78 Å². The van der Waals surface area contributed by atoms with E-state index in [-0.39, 0.29) is 11.8 Å². The maximum Gasteiger partial charge on any atom is 0.326 e. The zero-order chi connectivity index (χ0) is 14.6. The van der Waals surface area contributed by atoms with E-state index >= 15 is 0 Å². The highest BCUT2D eigenvalue weighted by molar-refractivity contribution is 7.13. The number of carbonyl (C=O) groups is 2. The molecule has 1 rings (SSSR count). The minimum absolute atomic E-state index is 0.162. The molecule has 1 aromatic rings. The number of thiazole rings is 1. The summed E-state index contributed by atoms with van der Waals surface area (Å²) in [6.45, 7) is 7.35. The van der Waals surface area contributed by atoms with Gasteiger partial charge < -0.3 is 10.4 Å². The lowest BCUT2D eigenvalue weighted by atomic mass is 10.0. The minimum Gasteiger partial charge on any atom is -0.480 e. The Bertz CT molecular complexity index is 468. The molecule has 5 nitrogen and oxygen atoms in total. The number of nitrogens with one attached hydrogen (secondary N) is 1. The third-order valence-corrected chi connectivity index (χ3v) is 3.95. The van der Waals surface area contributed by atoms with Gasteiger partial charge in [0.25, 0.3) is 5.91 Å². The first-order valence-corrected chi connectivity index (χ1v) is 7.18. The van der Waals surface area contributed by atoms with Crippen molar-refractivity contribution in [3.05, 3.63) is 15.6 Å². The lowest BCUT2D eigenvalue weighted by Gasteiger charge is -2.17. The van der Waals surface area contributed by atoms with Crippen LogP contribution in [0.2, 0.25) is 0 Å². The van der Waals surface area contributed by atoms with Crippen LogP contribution in [0.3, 0.4) is 0 Å². The van der Waals surface area contributed by atoms with Gasteiger partial charge in [-0.3, -0.25) is 4.79 Å². The van der Waals surface area contributed by atoms with Gasteiger partial charge in [0.2, 0.25) is 0 Å². The second kappa shape index (κ2) is 6.65. The summed E-state index contributed by atoms with van der Waals surface area (Å²) in [4.78, 5) is 28.0. The Labute approximate surface area is 117 Å². The van der Waals surface area contributed by atoms with Crippen LogP contribution < -0.4 is 5.32 Å². The highest BCUT2D eigenvalue weighted by atomic mass is 32.1. The lowest BCUT2D eigenvalue weighted by molar-refractivity contribution is -0.140. The van der Waals surface area contributed by atoms with Crippen molar-refractivity contribution in [2.45, 2.75) is 46.6 Å². The second-order valence-corrected chi connectivity index (χ2v) is 5.89. The van der Waals surface area contributed by atoms with E-state index in [0.29, 0.717) is 10.6 Å². The average Bonchev–Trinajstić information content (AvgIpc) is 2.66. The number of aromatic nitrogens is 1. The standard InChI is InChI=1S/C13H20N2O3S/c1-5-6-9-14-8(4)11(19-9)12(16)15-10(7(2)3)13(17)18/h7,10H,5-6H2,1-4H3,(H,15,16)(H,17,18). The molecule has 2 N–H and O–H groups in total. The van der Waals surface area contributed by atoms with Gasteiger partial charge in [-0.15, -0.1) is 11.3 Å². The number of carboxylic acids is 1. The van der Waals surface area contributed by atoms with E-state index in [0.717, 1.165) is 17.8 Å². The van der Waals surface area contributed by atoms with E-state index in [4.69, 9.17) is 5.11 Å². The van der Waals surface area contributed by atoms with Crippen molar-refractivity contribution >= 4 is 23.2 Å². The Hall–Kier alpha value is -1.43. The predicted molar refractivity (Wildman–Crippen MR) is 74.6 cm³/mol. The zero-order valence-electron chi connectivity index (χ0n) is 11.7. The van der Waals surface area contributed by atoms with Crippen molar-refractivity contribution in [3.63, 3.8) is 0 Å². The number of hydrogen-bond acceptors (Lipinski definition) is 4. The molecule has 1 aromatic heterocycles. The molecule has 1 heterocycles. The summed E-state index contributed by atoms with van der Waals surface area (Å²) in [6, 6.07) is -0.872. The van der Waals surface area contributed by atoms with Crippen molar-refractivity contribution in [1.82, 2.24) is 10.3 Å². The number of carboxylic acid groups (broad SMARTS) is 1. The first-order chi connectivity index (χ1) is 8.86. The summed E-state index contributed by atoms with van der Waals surface area (Å²) in [7, 11) is 0. The van der Waals surface area contributed by atoms with Crippen molar-refractivity contribution in [1.29, 1.82) is 0 Å². The van der Waals surface area contributed by atoms with E-state index in [2.05, 4.69) is 17.2 Å². The molecule has 0 spiro atoms. The fraction of sp³-hybridized carbons (Fsp3) is 0.615. The molecule has 0 saturated carbocycles. The SMILES string of the molecule is CCCc1nc(C)c(C(=O)NC(C(=O)O)C(C)C)s1. The van der Waals surface area contributed by atoms with Gasteiger partial charge in [0, 0.05) is 0 Å². The van der Waals surface area contributed by atoms with Gasteiger partial charge in [-0.05, 0) is 25.7 Å². The Kier molecular flexibility index (Phi) is 5.47. The monoisotopic (exact) mass is 284 g/mol. The zero-order valence-corrected chi connectivity index (χ0v) is 12.5. The fourth-order valence-electron chi connectivity index (χ4n) is 1.70. The molecular weight excluding hydrogens is 264 g/mol. The summed E-state index contributed by atoms with van der Waals surface area (Å²) < 4.78 is 0. The van der Waals surface area contributed by atoms with E-state index in [1.807, 2.05) is 0 Å². The molecule has 0 bridgehead atoms. The molecule has 1 atom stereocenters. The molecular formula is C13H20N2O3S. The largest absolute Gasteiger partial charge is 0.480 e. The van der Waals surface area contributed by atoms with Gasteiger partial charge in [0.15, 0.2) is 0 Å². The third kappa shape index (κ3) is 4.02. The first-order valence-electron chi connectivity index (χ1n) is 6.36. The normalized spacial score (nSPS) is 12.5. The van der Waals surface area contributed by atoms with Crippen LogP contribution in [0, 0.1) is 12.8 Å². The molecule has 0 aliphatic heterocycles. The molecule has 1 unspecified atom stereocenters.